The van der Waals surface area contributed by atoms with Crippen LogP contribution in [0.15, 0.2) is 0 Å². The molecule has 0 aliphatic carbocycles. The van der Waals surface area contributed by atoms with Gasteiger partial charge in [0.2, 0.25) is 0 Å². The predicted molar refractivity (Wildman–Crippen MR) is 77.8 cm³/mol. The molecule has 7 nitrogen and oxygen atoms in total. The summed E-state index contributed by atoms with van der Waals surface area (Å²) in [7, 11) is -4.51. The van der Waals surface area contributed by atoms with Crippen molar-refractivity contribution in [2.24, 2.45) is 0 Å². The van der Waals surface area contributed by atoms with E-state index < -0.39 is 40.8 Å². The van der Waals surface area contributed by atoms with Gasteiger partial charge in [-0.3, -0.25) is 4.79 Å². The van der Waals surface area contributed by atoms with Gasteiger partial charge in [0, 0.05) is 5.97 Å². The van der Waals surface area contributed by atoms with Crippen molar-refractivity contribution in [2.75, 3.05) is 0 Å². The smallest absolute Gasteiger partial charge is 0.550 e. The van der Waals surface area contributed by atoms with Gasteiger partial charge in [-0.05, 0) is 25.7 Å². The number of hydrogen-bond acceptors (Lipinski definition) is 7. The first kappa shape index (κ1) is 25.1. The fourth-order valence-corrected chi connectivity index (χ4v) is 3.15. The molecule has 0 aromatic carbocycles. The third-order valence-corrected chi connectivity index (χ3v) is 4.48. The van der Waals surface area contributed by atoms with Crippen molar-refractivity contribution in [1.29, 1.82) is 0 Å². The minimum Gasteiger partial charge on any atom is -0.550 e. The van der Waals surface area contributed by atoms with E-state index in [9.17, 15) is 23.1 Å². The van der Waals surface area contributed by atoms with Crippen LogP contribution >= 0.6 is 0 Å². The summed E-state index contributed by atoms with van der Waals surface area (Å²) >= 11 is 0. The standard InChI is InChI=1S/C14H26O7S.Na/c1-4-7-8-11-14(5-2,6-3)21-22(18,19)20-13(17)10-9-12(15)16;/h4-11H2,1-3H3,(H,15,16);/q;+1/p-1. The average Bonchev–Trinajstić information content (AvgIpc) is 2.43. The van der Waals surface area contributed by atoms with Crippen molar-refractivity contribution < 1.29 is 61.0 Å². The Morgan fingerprint density at radius 2 is 1.61 bits per heavy atom. The molecule has 0 spiro atoms. The number of carbonyl (C=O) groups excluding carboxylic acids is 2. The van der Waals surface area contributed by atoms with Gasteiger partial charge in [0.15, 0.2) is 0 Å². The van der Waals surface area contributed by atoms with Crippen LogP contribution in [0.2, 0.25) is 0 Å². The van der Waals surface area contributed by atoms with Crippen molar-refractivity contribution in [2.45, 2.75) is 77.7 Å². The summed E-state index contributed by atoms with van der Waals surface area (Å²) in [5.74, 6) is -2.62. The van der Waals surface area contributed by atoms with Crippen LogP contribution in [0.25, 0.3) is 0 Å². The van der Waals surface area contributed by atoms with Crippen LogP contribution in [-0.2, 0) is 28.4 Å². The molecule has 0 rings (SSSR count). The molecule has 0 aromatic heterocycles. The number of aliphatic carboxylic acids is 1. The molecule has 0 radical (unpaired) electrons. The van der Waals surface area contributed by atoms with Crippen LogP contribution in [0, 0.1) is 0 Å². The Balaban J connectivity index is 0. The van der Waals surface area contributed by atoms with Crippen molar-refractivity contribution in [1.82, 2.24) is 0 Å². The Bertz CT molecular complexity index is 458. The number of rotatable bonds is 12. The number of carbonyl (C=O) groups is 2. The molecule has 23 heavy (non-hydrogen) atoms. The molecular weight excluding hydrogens is 335 g/mol. The SMILES string of the molecule is CCCCCC(CC)(CC)OS(=O)(=O)OC(=O)CCC(=O)[O-].[Na+]. The van der Waals surface area contributed by atoms with Gasteiger partial charge in [-0.15, -0.1) is 0 Å². The molecule has 9 heteroatoms. The van der Waals surface area contributed by atoms with E-state index in [0.29, 0.717) is 19.3 Å². The minimum absolute atomic E-state index is 0. The zero-order valence-corrected chi connectivity index (χ0v) is 17.2. The molecule has 130 valence electrons. The molecule has 0 aliphatic heterocycles. The van der Waals surface area contributed by atoms with E-state index in [1.807, 2.05) is 20.8 Å². The van der Waals surface area contributed by atoms with Crippen LogP contribution in [0.3, 0.4) is 0 Å². The molecule has 0 N–H and O–H groups in total. The van der Waals surface area contributed by atoms with Gasteiger partial charge < -0.3 is 14.1 Å². The summed E-state index contributed by atoms with van der Waals surface area (Å²) in [6, 6.07) is 0. The first-order chi connectivity index (χ1) is 10.2. The molecule has 0 atom stereocenters. The summed E-state index contributed by atoms with van der Waals surface area (Å²) in [6.45, 7) is 5.65. The monoisotopic (exact) mass is 360 g/mol. The molecular formula is C14H25NaO7S. The zero-order valence-electron chi connectivity index (χ0n) is 14.4. The van der Waals surface area contributed by atoms with Gasteiger partial charge in [0.05, 0.1) is 12.0 Å². The van der Waals surface area contributed by atoms with Crippen LogP contribution in [-0.4, -0.2) is 26.0 Å². The van der Waals surface area contributed by atoms with E-state index in [1.165, 1.54) is 0 Å². The van der Waals surface area contributed by atoms with Gasteiger partial charge in [0.25, 0.3) is 0 Å². The Morgan fingerprint density at radius 3 is 2.04 bits per heavy atom. The fourth-order valence-electron chi connectivity index (χ4n) is 2.05. The van der Waals surface area contributed by atoms with Gasteiger partial charge in [0.1, 0.15) is 0 Å². The topological polar surface area (TPSA) is 110 Å². The maximum atomic E-state index is 11.8. The molecule has 0 saturated carbocycles. The van der Waals surface area contributed by atoms with Crippen LogP contribution < -0.4 is 34.7 Å². The maximum Gasteiger partial charge on any atom is 1.00 e. The Kier molecular flexibility index (Phi) is 13.4. The van der Waals surface area contributed by atoms with Gasteiger partial charge in [-0.1, -0.05) is 40.0 Å². The number of carboxylic acids is 1. The van der Waals surface area contributed by atoms with Gasteiger partial charge >= 0.3 is 45.9 Å². The summed E-state index contributed by atoms with van der Waals surface area (Å²) in [5, 5.41) is 10.2. The second kappa shape index (κ2) is 12.2. The van der Waals surface area contributed by atoms with E-state index in [1.54, 1.807) is 0 Å². The molecule has 0 amide bonds. The van der Waals surface area contributed by atoms with E-state index >= 15 is 0 Å². The van der Waals surface area contributed by atoms with E-state index in [4.69, 9.17) is 4.18 Å². The Labute approximate surface area is 160 Å². The summed E-state index contributed by atoms with van der Waals surface area (Å²) in [6.07, 6.45) is 3.05. The number of carboxylic acid groups (broad SMARTS) is 1. The molecule has 0 saturated heterocycles. The molecule has 0 unspecified atom stereocenters. The van der Waals surface area contributed by atoms with Crippen LogP contribution in [0.4, 0.5) is 0 Å². The van der Waals surface area contributed by atoms with Crippen LogP contribution in [0.1, 0.15) is 72.1 Å². The van der Waals surface area contributed by atoms with Crippen molar-refractivity contribution in [3.05, 3.63) is 0 Å². The van der Waals surface area contributed by atoms with Crippen LogP contribution in [0.5, 0.6) is 0 Å². The normalized spacial score (nSPS) is 11.6. The predicted octanol–water partition coefficient (Wildman–Crippen LogP) is -1.54. The second-order valence-electron chi connectivity index (χ2n) is 5.17. The summed E-state index contributed by atoms with van der Waals surface area (Å²) < 4.78 is 33.0. The second-order valence-corrected chi connectivity index (χ2v) is 6.32. The Morgan fingerprint density at radius 1 is 1.04 bits per heavy atom. The molecule has 0 aliphatic rings. The fraction of sp³-hybridized carbons (Fsp3) is 0.857. The molecule has 0 heterocycles. The first-order valence-electron chi connectivity index (χ1n) is 7.58. The van der Waals surface area contributed by atoms with E-state index in [0.717, 1.165) is 19.3 Å². The van der Waals surface area contributed by atoms with E-state index in [2.05, 4.69) is 4.18 Å². The molecule has 0 fully saturated rings. The number of hydrogen-bond donors (Lipinski definition) is 0. The third-order valence-electron chi connectivity index (χ3n) is 3.53. The maximum absolute atomic E-state index is 11.8. The number of unbranched alkanes of at least 4 members (excludes halogenated alkanes) is 2. The van der Waals surface area contributed by atoms with E-state index in [-0.39, 0.29) is 29.6 Å². The molecule has 0 bridgehead atoms. The van der Waals surface area contributed by atoms with Gasteiger partial charge in [-0.25, -0.2) is 4.18 Å². The van der Waals surface area contributed by atoms with Crippen molar-refractivity contribution in [3.63, 3.8) is 0 Å². The first-order valence-corrected chi connectivity index (χ1v) is 8.91. The average molecular weight is 360 g/mol. The van der Waals surface area contributed by atoms with Crippen molar-refractivity contribution in [3.8, 4) is 0 Å². The molecule has 0 aromatic rings. The van der Waals surface area contributed by atoms with Gasteiger partial charge in [-0.2, -0.15) is 8.42 Å². The summed E-state index contributed by atoms with van der Waals surface area (Å²) in [4.78, 5) is 21.6. The quantitative estimate of drug-likeness (QED) is 0.306. The zero-order chi connectivity index (χ0) is 17.2. The van der Waals surface area contributed by atoms with Crippen molar-refractivity contribution >= 4 is 22.3 Å². The summed E-state index contributed by atoms with van der Waals surface area (Å²) in [5.41, 5.74) is -0.900. The largest absolute Gasteiger partial charge is 1.00 e. The Hall–Kier alpha value is -0.150. The minimum atomic E-state index is -4.51. The third kappa shape index (κ3) is 11.1.